The summed E-state index contributed by atoms with van der Waals surface area (Å²) in [5.41, 5.74) is 5.48. The Hall–Kier alpha value is 1.08. The maximum absolute atomic E-state index is 2.88. The molecule has 5 heteroatoms. The van der Waals surface area contributed by atoms with Crippen molar-refractivity contribution in [2.75, 3.05) is 0 Å². The lowest BCUT2D eigenvalue weighted by Gasteiger charge is -2.75. The van der Waals surface area contributed by atoms with E-state index in [1.54, 1.807) is 0 Å². The highest BCUT2D eigenvalue weighted by molar-refractivity contribution is 8.07. The van der Waals surface area contributed by atoms with E-state index in [2.05, 4.69) is 122 Å². The first kappa shape index (κ1) is 30.1. The molecule has 0 N–H and O–H groups in total. The molecule has 0 rings (SSSR count). The fourth-order valence-corrected chi connectivity index (χ4v) is 193. The smallest absolute Gasteiger partial charge is 0.0481 e. The molecule has 0 aliphatic carbocycles. The van der Waals surface area contributed by atoms with Gasteiger partial charge in [0.15, 0.2) is 0 Å². The van der Waals surface area contributed by atoms with Crippen LogP contribution in [0.3, 0.4) is 0 Å². The van der Waals surface area contributed by atoms with Crippen LogP contribution in [0.5, 0.6) is 0 Å². The lowest BCUT2D eigenvalue weighted by atomic mass is 10.5. The largest absolute Gasteiger partial charge is 0.0720 e. The second-order valence-corrected chi connectivity index (χ2v) is 67.4. The van der Waals surface area contributed by atoms with Gasteiger partial charge >= 0.3 is 0 Å². The van der Waals surface area contributed by atoms with E-state index in [1.807, 2.05) is 0 Å². The molecule has 0 saturated carbocycles. The molecule has 0 aliphatic heterocycles. The summed E-state index contributed by atoms with van der Waals surface area (Å²) in [6, 6.07) is 0. The van der Waals surface area contributed by atoms with Crippen LogP contribution in [0.25, 0.3) is 0 Å². The van der Waals surface area contributed by atoms with Crippen LogP contribution in [0.2, 0.25) is 72.5 Å². The van der Waals surface area contributed by atoms with Gasteiger partial charge in [-0.1, -0.05) is 156 Å². The molecular weight excluding hydrogens is 429 g/mol. The maximum atomic E-state index is 2.88. The zero-order chi connectivity index (χ0) is 24.0. The number of hydrogen-bond acceptors (Lipinski definition) is 0. The molecule has 0 amide bonds. The normalized spacial score (nSPS) is 15.7. The fraction of sp³-hybridized carbons (Fsp3) is 1.00. The van der Waals surface area contributed by atoms with Crippen molar-refractivity contribution >= 4 is 36.5 Å². The molecule has 0 nitrogen and oxygen atoms in total. The topological polar surface area (TPSA) is 0 Å². The molecule has 0 unspecified atom stereocenters. The van der Waals surface area contributed by atoms with Gasteiger partial charge in [0.2, 0.25) is 0 Å². The Morgan fingerprint density at radius 2 is 0.448 bits per heavy atom. The first-order valence-electron chi connectivity index (χ1n) is 12.7. The van der Waals surface area contributed by atoms with E-state index in [4.69, 9.17) is 0 Å². The Balaban J connectivity index is 8.40. The first-order chi connectivity index (χ1) is 12.7. The van der Waals surface area contributed by atoms with Crippen molar-refractivity contribution < 1.29 is 0 Å². The minimum absolute atomic E-state index is 0.913. The highest BCUT2D eigenvalue weighted by atomic mass is 30.2. The van der Waals surface area contributed by atoms with Crippen molar-refractivity contribution in [3.05, 3.63) is 0 Å². The van der Waals surface area contributed by atoms with E-state index < -0.39 is 36.5 Å². The molecule has 0 saturated heterocycles. The standard InChI is InChI=1S/C24H60Si5/c1-19(2)27(20(3)4,21(5)6)29(25(13,14)15,26(16,17)18)28(22(7)8,23(9)10)24(11)12/h19-24H,1-18H3. The molecule has 0 fully saturated rings. The maximum Gasteiger partial charge on any atom is 0.0481 e. The molecule has 0 aromatic carbocycles. The molecule has 0 heterocycles. The second-order valence-electron chi connectivity index (χ2n) is 14.0. The summed E-state index contributed by atoms with van der Waals surface area (Å²) in [6.45, 7) is 49.5. The summed E-state index contributed by atoms with van der Waals surface area (Å²) in [7, 11) is -5.95. The molecule has 29 heavy (non-hydrogen) atoms. The minimum atomic E-state index is -1.58. The Bertz CT molecular complexity index is 427. The van der Waals surface area contributed by atoms with Gasteiger partial charge in [0.25, 0.3) is 0 Å². The predicted molar refractivity (Wildman–Crippen MR) is 155 cm³/mol. The predicted octanol–water partition coefficient (Wildman–Crippen LogP) is 9.78. The first-order valence-corrected chi connectivity index (χ1v) is 30.1. The zero-order valence-electron chi connectivity index (χ0n) is 24.0. The molecule has 0 atom stereocenters. The fourth-order valence-electron chi connectivity index (χ4n) is 10.7. The van der Waals surface area contributed by atoms with E-state index in [9.17, 15) is 0 Å². The van der Waals surface area contributed by atoms with E-state index in [0.29, 0.717) is 0 Å². The van der Waals surface area contributed by atoms with Gasteiger partial charge in [0.1, 0.15) is 0 Å². The average Bonchev–Trinajstić information content (AvgIpc) is 2.41. The van der Waals surface area contributed by atoms with Crippen molar-refractivity contribution in [2.45, 2.75) is 156 Å². The quantitative estimate of drug-likeness (QED) is 0.268. The Morgan fingerprint density at radius 3 is 0.517 bits per heavy atom. The highest BCUT2D eigenvalue weighted by Gasteiger charge is 2.78. The third-order valence-corrected chi connectivity index (χ3v) is 123. The summed E-state index contributed by atoms with van der Waals surface area (Å²) < 4.78 is 0. The van der Waals surface area contributed by atoms with Gasteiger partial charge in [-0.2, -0.15) is 0 Å². The monoisotopic (exact) mass is 488 g/mol. The van der Waals surface area contributed by atoms with Gasteiger partial charge in [-0.15, -0.1) is 0 Å². The van der Waals surface area contributed by atoms with E-state index in [-0.39, 0.29) is 0 Å². The summed E-state index contributed by atoms with van der Waals surface area (Å²) in [5.74, 6) is 0. The van der Waals surface area contributed by atoms with Crippen molar-refractivity contribution in [3.63, 3.8) is 0 Å². The molecule has 0 bridgehead atoms. The number of rotatable bonds is 10. The van der Waals surface area contributed by atoms with Crippen LogP contribution in [0.1, 0.15) is 83.1 Å². The average molecular weight is 489 g/mol. The van der Waals surface area contributed by atoms with Crippen LogP contribution < -0.4 is 0 Å². The van der Waals surface area contributed by atoms with Crippen molar-refractivity contribution in [3.8, 4) is 0 Å². The molecule has 0 aliphatic rings. The SMILES string of the molecule is CC(C)[Si](C(C)C)(C(C)C)[Si]([Si](C)(C)C)([Si](C)(C)C)[Si](C(C)C)(C(C)C)C(C)C. The molecule has 0 aromatic rings. The molecule has 0 radical (unpaired) electrons. The zero-order valence-corrected chi connectivity index (χ0v) is 29.0. The Labute approximate surface area is 191 Å². The number of hydrogen-bond donors (Lipinski definition) is 0. The van der Waals surface area contributed by atoms with Crippen molar-refractivity contribution in [1.82, 2.24) is 0 Å². The lowest BCUT2D eigenvalue weighted by molar-refractivity contribution is 0.829. The second kappa shape index (κ2) is 9.52. The van der Waals surface area contributed by atoms with Crippen LogP contribution >= 0.6 is 0 Å². The van der Waals surface area contributed by atoms with E-state index in [1.165, 1.54) is 0 Å². The lowest BCUT2D eigenvalue weighted by Crippen LogP contribution is -2.98. The molecule has 0 aromatic heterocycles. The molecule has 0 spiro atoms. The van der Waals surface area contributed by atoms with Crippen molar-refractivity contribution in [1.29, 1.82) is 0 Å². The summed E-state index contributed by atoms with van der Waals surface area (Å²) in [6.07, 6.45) is -1.58. The third-order valence-electron chi connectivity index (χ3n) is 9.28. The Kier molecular flexibility index (Phi) is 9.88. The van der Waals surface area contributed by atoms with Crippen molar-refractivity contribution in [2.24, 2.45) is 0 Å². The van der Waals surface area contributed by atoms with Crippen LogP contribution in [-0.4, -0.2) is 36.5 Å². The van der Waals surface area contributed by atoms with Gasteiger partial charge in [-0.05, 0) is 0 Å². The van der Waals surface area contributed by atoms with Gasteiger partial charge in [0.05, 0.1) is 0 Å². The van der Waals surface area contributed by atoms with Crippen LogP contribution in [-0.2, 0) is 0 Å². The van der Waals surface area contributed by atoms with Gasteiger partial charge in [-0.25, -0.2) is 0 Å². The summed E-state index contributed by atoms with van der Waals surface area (Å²) in [4.78, 5) is 0. The third kappa shape index (κ3) is 3.99. The summed E-state index contributed by atoms with van der Waals surface area (Å²) in [5, 5.41) is 0. The van der Waals surface area contributed by atoms with Gasteiger partial charge < -0.3 is 0 Å². The van der Waals surface area contributed by atoms with E-state index >= 15 is 0 Å². The van der Waals surface area contributed by atoms with Crippen LogP contribution in [0.15, 0.2) is 0 Å². The van der Waals surface area contributed by atoms with Gasteiger partial charge in [0, 0.05) is 36.5 Å². The molecular formula is C24H60Si5. The Morgan fingerprint density at radius 1 is 0.310 bits per heavy atom. The van der Waals surface area contributed by atoms with Gasteiger partial charge in [-0.3, -0.25) is 0 Å². The molecule has 176 valence electrons. The minimum Gasteiger partial charge on any atom is -0.0720 e. The van der Waals surface area contributed by atoms with Crippen LogP contribution in [0, 0.1) is 0 Å². The summed E-state index contributed by atoms with van der Waals surface area (Å²) >= 11 is 0. The van der Waals surface area contributed by atoms with E-state index in [0.717, 1.165) is 33.2 Å². The highest BCUT2D eigenvalue weighted by Crippen LogP contribution is 2.63. The van der Waals surface area contributed by atoms with Crippen LogP contribution in [0.4, 0.5) is 0 Å².